The van der Waals surface area contributed by atoms with Crippen LogP contribution in [0.4, 0.5) is 5.69 Å². The maximum Gasteiger partial charge on any atom is 0.265 e. The molecule has 3 aromatic rings. The predicted molar refractivity (Wildman–Crippen MR) is 107 cm³/mol. The Morgan fingerprint density at radius 1 is 0.931 bits per heavy atom. The third-order valence-corrected chi connectivity index (χ3v) is 4.71. The molecular formula is C23H21AcNO4. The number of carbonyl (C=O) groups excluding carboxylic acids is 1. The number of phenols is 1. The van der Waals surface area contributed by atoms with Crippen LogP contribution in [0.25, 0.3) is 0 Å². The van der Waals surface area contributed by atoms with E-state index in [1.165, 1.54) is 0 Å². The number of hydrogen-bond acceptors (Lipinski definition) is 4. The van der Waals surface area contributed by atoms with Gasteiger partial charge in [0.05, 0.1) is 12.3 Å². The summed E-state index contributed by atoms with van der Waals surface area (Å²) in [7, 11) is 0. The van der Waals surface area contributed by atoms with Crippen molar-refractivity contribution in [2.75, 3.05) is 24.7 Å². The van der Waals surface area contributed by atoms with Crippen LogP contribution >= 0.6 is 0 Å². The molecule has 1 amide bonds. The minimum Gasteiger partial charge on any atom is -0.504 e. The molecule has 1 aliphatic rings. The Morgan fingerprint density at radius 2 is 1.55 bits per heavy atom. The summed E-state index contributed by atoms with van der Waals surface area (Å²) in [6.45, 7) is 0.621. The van der Waals surface area contributed by atoms with Gasteiger partial charge in [-0.1, -0.05) is 66.7 Å². The SMILES string of the molecule is O=C1COc2c(O)cccc2N1CCOC(c1ccccc1)c1ccccc1.[Ac]. The van der Waals surface area contributed by atoms with E-state index in [9.17, 15) is 9.90 Å². The average Bonchev–Trinajstić information content (AvgIpc) is 2.74. The number of carbonyl (C=O) groups is 1. The van der Waals surface area contributed by atoms with Crippen molar-refractivity contribution >= 4 is 11.6 Å². The molecule has 0 aliphatic carbocycles. The maximum atomic E-state index is 12.3. The van der Waals surface area contributed by atoms with Crippen molar-refractivity contribution in [2.24, 2.45) is 0 Å². The fourth-order valence-electron chi connectivity index (χ4n) is 3.37. The summed E-state index contributed by atoms with van der Waals surface area (Å²) in [6.07, 6.45) is -0.220. The molecule has 1 heterocycles. The van der Waals surface area contributed by atoms with Crippen LogP contribution in [0, 0.1) is 44.1 Å². The summed E-state index contributed by atoms with van der Waals surface area (Å²) in [4.78, 5) is 14.0. The predicted octanol–water partition coefficient (Wildman–Crippen LogP) is 3.92. The Labute approximate surface area is 205 Å². The second-order valence-electron chi connectivity index (χ2n) is 6.53. The second-order valence-corrected chi connectivity index (χ2v) is 6.53. The van der Waals surface area contributed by atoms with Gasteiger partial charge in [-0.05, 0) is 23.3 Å². The zero-order valence-electron chi connectivity index (χ0n) is 15.9. The van der Waals surface area contributed by atoms with Crippen molar-refractivity contribution in [3.05, 3.63) is 90.0 Å². The number of aromatic hydroxyl groups is 1. The molecule has 1 aliphatic heterocycles. The summed E-state index contributed by atoms with van der Waals surface area (Å²) in [5.74, 6) is 0.213. The van der Waals surface area contributed by atoms with Gasteiger partial charge in [0.2, 0.25) is 0 Å². The van der Waals surface area contributed by atoms with Gasteiger partial charge in [0.25, 0.3) is 5.91 Å². The van der Waals surface area contributed by atoms with E-state index in [0.29, 0.717) is 24.6 Å². The number of nitrogens with zero attached hydrogens (tertiary/aromatic N) is 1. The molecule has 0 spiro atoms. The quantitative estimate of drug-likeness (QED) is 0.465. The summed E-state index contributed by atoms with van der Waals surface area (Å²) >= 11 is 0. The number of benzene rings is 3. The fourth-order valence-corrected chi connectivity index (χ4v) is 3.37. The molecule has 0 unspecified atom stereocenters. The molecule has 0 fully saturated rings. The monoisotopic (exact) mass is 602 g/mol. The van der Waals surface area contributed by atoms with Gasteiger partial charge in [0, 0.05) is 50.6 Å². The smallest absolute Gasteiger partial charge is 0.265 e. The Bertz CT molecular complexity index is 910. The minimum atomic E-state index is -0.220. The normalized spacial score (nSPS) is 12.9. The molecular weight excluding hydrogens is 581 g/mol. The molecule has 1 N–H and O–H groups in total. The van der Waals surface area contributed by atoms with E-state index in [1.54, 1.807) is 23.1 Å². The molecule has 1 radical (unpaired) electrons. The Morgan fingerprint density at radius 3 is 2.17 bits per heavy atom. The van der Waals surface area contributed by atoms with Gasteiger partial charge < -0.3 is 19.5 Å². The van der Waals surface area contributed by atoms with E-state index in [2.05, 4.69) is 0 Å². The van der Waals surface area contributed by atoms with Crippen LogP contribution in [0.3, 0.4) is 0 Å². The number of ether oxygens (including phenoxy) is 2. The van der Waals surface area contributed by atoms with Crippen LogP contribution in [0.5, 0.6) is 11.5 Å². The molecule has 4 rings (SSSR count). The second kappa shape index (κ2) is 10.2. The van der Waals surface area contributed by atoms with Crippen LogP contribution in [0.2, 0.25) is 0 Å². The first-order valence-corrected chi connectivity index (χ1v) is 9.20. The van der Waals surface area contributed by atoms with Gasteiger partial charge >= 0.3 is 0 Å². The van der Waals surface area contributed by atoms with Crippen molar-refractivity contribution in [3.8, 4) is 11.5 Å². The summed E-state index contributed by atoms with van der Waals surface area (Å²) in [5.41, 5.74) is 2.68. The molecule has 29 heavy (non-hydrogen) atoms. The van der Waals surface area contributed by atoms with E-state index in [4.69, 9.17) is 9.47 Å². The van der Waals surface area contributed by atoms with Crippen LogP contribution in [0.1, 0.15) is 17.2 Å². The molecule has 6 heteroatoms. The molecule has 0 saturated heterocycles. The van der Waals surface area contributed by atoms with E-state index >= 15 is 0 Å². The zero-order chi connectivity index (χ0) is 19.3. The summed E-state index contributed by atoms with van der Waals surface area (Å²) < 4.78 is 11.6. The topological polar surface area (TPSA) is 59.0 Å². The van der Waals surface area contributed by atoms with Crippen molar-refractivity contribution < 1.29 is 63.4 Å². The third-order valence-electron chi connectivity index (χ3n) is 4.71. The van der Waals surface area contributed by atoms with E-state index in [0.717, 1.165) is 11.1 Å². The van der Waals surface area contributed by atoms with Crippen LogP contribution in [0.15, 0.2) is 78.9 Å². The standard InChI is InChI=1S/C23H21NO4.Ac/c25-20-13-7-12-19-23(20)28-16-21(26)24(19)14-15-27-22(17-8-3-1-4-9-17)18-10-5-2-6-11-18;/h1-13,22,25H,14-16H2;. The largest absolute Gasteiger partial charge is 0.504 e. The van der Waals surface area contributed by atoms with E-state index in [1.807, 2.05) is 60.7 Å². The maximum absolute atomic E-state index is 12.3. The molecule has 0 bridgehead atoms. The van der Waals surface area contributed by atoms with E-state index < -0.39 is 0 Å². The number of rotatable bonds is 6. The molecule has 3 aromatic carbocycles. The van der Waals surface area contributed by atoms with Gasteiger partial charge in [0.1, 0.15) is 6.10 Å². The number of hydrogen-bond donors (Lipinski definition) is 1. The first-order chi connectivity index (χ1) is 13.7. The minimum absolute atomic E-state index is 0. The average molecular weight is 602 g/mol. The van der Waals surface area contributed by atoms with Gasteiger partial charge in [-0.15, -0.1) is 0 Å². The summed E-state index contributed by atoms with van der Waals surface area (Å²) in [6, 6.07) is 25.0. The van der Waals surface area contributed by atoms with Crippen LogP contribution in [-0.2, 0) is 9.53 Å². The first-order valence-electron chi connectivity index (χ1n) is 9.20. The van der Waals surface area contributed by atoms with Crippen LogP contribution < -0.4 is 9.64 Å². The van der Waals surface area contributed by atoms with Gasteiger partial charge in [-0.25, -0.2) is 0 Å². The Balaban J connectivity index is 0.00000240. The molecule has 5 nitrogen and oxygen atoms in total. The first kappa shape index (κ1) is 21.8. The third kappa shape index (κ3) is 5.01. The van der Waals surface area contributed by atoms with Gasteiger partial charge in [-0.2, -0.15) is 0 Å². The van der Waals surface area contributed by atoms with Crippen molar-refractivity contribution in [3.63, 3.8) is 0 Å². The number of fused-ring (bicyclic) bond motifs is 1. The molecule has 0 saturated carbocycles. The number of amides is 1. The molecule has 0 atom stereocenters. The van der Waals surface area contributed by atoms with Gasteiger partial charge in [0.15, 0.2) is 18.1 Å². The molecule has 145 valence electrons. The number of phenolic OH excluding ortho intramolecular Hbond substituents is 1. The Hall–Kier alpha value is -1.87. The number of anilines is 1. The Kier molecular flexibility index (Phi) is 7.71. The van der Waals surface area contributed by atoms with Crippen molar-refractivity contribution in [1.29, 1.82) is 0 Å². The fraction of sp³-hybridized carbons (Fsp3) is 0.174. The van der Waals surface area contributed by atoms with Crippen molar-refractivity contribution in [1.82, 2.24) is 0 Å². The van der Waals surface area contributed by atoms with Gasteiger partial charge in [-0.3, -0.25) is 4.79 Å². The number of para-hydroxylation sites is 1. The zero-order valence-corrected chi connectivity index (χ0v) is 20.6. The van der Waals surface area contributed by atoms with Crippen LogP contribution in [-0.4, -0.2) is 30.8 Å². The van der Waals surface area contributed by atoms with Crippen molar-refractivity contribution in [2.45, 2.75) is 6.10 Å². The van der Waals surface area contributed by atoms with E-state index in [-0.39, 0.29) is 68.4 Å². The summed E-state index contributed by atoms with van der Waals surface area (Å²) in [5, 5.41) is 9.98. The molecule has 0 aromatic heterocycles.